The van der Waals surface area contributed by atoms with Crippen molar-refractivity contribution in [3.05, 3.63) is 29.8 Å². The Morgan fingerprint density at radius 3 is 2.24 bits per heavy atom. The Kier molecular flexibility index (Phi) is 7.42. The van der Waals surface area contributed by atoms with E-state index in [1.165, 1.54) is 6.92 Å². The number of esters is 1. The molecule has 2 N–H and O–H groups in total. The number of hydrogen-bond acceptors (Lipinski definition) is 5. The van der Waals surface area contributed by atoms with Crippen LogP contribution >= 0.6 is 0 Å². The Hall–Kier alpha value is -2.57. The average Bonchev–Trinajstić information content (AvgIpc) is 2.46. The van der Waals surface area contributed by atoms with Crippen LogP contribution in [-0.4, -0.2) is 36.2 Å². The number of carbonyl (C=O) groups is 3. The van der Waals surface area contributed by atoms with Crippen LogP contribution in [0.5, 0.6) is 0 Å². The molecule has 0 aliphatic rings. The van der Waals surface area contributed by atoms with Crippen molar-refractivity contribution in [1.29, 1.82) is 0 Å². The molecule has 1 aromatic rings. The Labute approximate surface area is 148 Å². The molecule has 138 valence electrons. The van der Waals surface area contributed by atoms with Crippen molar-refractivity contribution in [2.24, 2.45) is 0 Å². The van der Waals surface area contributed by atoms with Crippen LogP contribution in [0.2, 0.25) is 0 Å². The first-order valence-corrected chi connectivity index (χ1v) is 8.09. The molecule has 25 heavy (non-hydrogen) atoms. The summed E-state index contributed by atoms with van der Waals surface area (Å²) in [5, 5.41) is 5.20. The van der Waals surface area contributed by atoms with E-state index in [0.717, 1.165) is 5.56 Å². The topological polar surface area (TPSA) is 93.7 Å². The fraction of sp³-hybridized carbons (Fsp3) is 0.500. The standard InChI is InChI=1S/C18H26N2O5/c1-12(19-17(23)25-18(3,4)5)16(22)20-15-8-6-14(7-9-15)10-11-24-13(2)21/h6-9,12H,10-11H2,1-5H3,(H,19,23)(H,20,22). The van der Waals surface area contributed by atoms with E-state index in [1.807, 2.05) is 12.1 Å². The zero-order chi connectivity index (χ0) is 19.0. The molecule has 0 aliphatic carbocycles. The summed E-state index contributed by atoms with van der Waals surface area (Å²) in [7, 11) is 0. The van der Waals surface area contributed by atoms with Crippen LogP contribution in [0, 0.1) is 0 Å². The van der Waals surface area contributed by atoms with Gasteiger partial charge in [0.2, 0.25) is 5.91 Å². The highest BCUT2D eigenvalue weighted by atomic mass is 16.6. The first-order valence-electron chi connectivity index (χ1n) is 8.09. The maximum Gasteiger partial charge on any atom is 0.408 e. The SMILES string of the molecule is CC(=O)OCCc1ccc(NC(=O)C(C)NC(=O)OC(C)(C)C)cc1. The van der Waals surface area contributed by atoms with Gasteiger partial charge in [0, 0.05) is 19.0 Å². The molecule has 0 spiro atoms. The number of anilines is 1. The maximum absolute atomic E-state index is 12.1. The fourth-order valence-electron chi connectivity index (χ4n) is 1.87. The summed E-state index contributed by atoms with van der Waals surface area (Å²) in [5.74, 6) is -0.658. The summed E-state index contributed by atoms with van der Waals surface area (Å²) in [6, 6.07) is 6.44. The van der Waals surface area contributed by atoms with E-state index in [1.54, 1.807) is 39.8 Å². The van der Waals surface area contributed by atoms with Gasteiger partial charge in [-0.1, -0.05) is 12.1 Å². The van der Waals surface area contributed by atoms with Crippen molar-refractivity contribution in [3.63, 3.8) is 0 Å². The zero-order valence-electron chi connectivity index (χ0n) is 15.3. The van der Waals surface area contributed by atoms with Gasteiger partial charge in [-0.25, -0.2) is 4.79 Å². The molecule has 1 rings (SSSR count). The number of benzene rings is 1. The van der Waals surface area contributed by atoms with Crippen molar-refractivity contribution >= 4 is 23.7 Å². The minimum Gasteiger partial charge on any atom is -0.466 e. The highest BCUT2D eigenvalue weighted by Crippen LogP contribution is 2.11. The maximum atomic E-state index is 12.1. The number of rotatable bonds is 6. The molecule has 1 atom stereocenters. The molecule has 0 aliphatic heterocycles. The molecule has 0 saturated carbocycles. The molecule has 0 saturated heterocycles. The first kappa shape index (κ1) is 20.5. The predicted molar refractivity (Wildman–Crippen MR) is 94.2 cm³/mol. The molecular weight excluding hydrogens is 324 g/mol. The van der Waals surface area contributed by atoms with Crippen molar-refractivity contribution in [1.82, 2.24) is 5.32 Å². The fourth-order valence-corrected chi connectivity index (χ4v) is 1.87. The van der Waals surface area contributed by atoms with Gasteiger partial charge >= 0.3 is 12.1 Å². The largest absolute Gasteiger partial charge is 0.466 e. The van der Waals surface area contributed by atoms with E-state index in [0.29, 0.717) is 18.7 Å². The molecule has 1 aromatic carbocycles. The second kappa shape index (κ2) is 9.05. The van der Waals surface area contributed by atoms with Crippen LogP contribution < -0.4 is 10.6 Å². The second-order valence-electron chi connectivity index (χ2n) is 6.64. The van der Waals surface area contributed by atoms with Gasteiger partial charge in [-0.3, -0.25) is 9.59 Å². The van der Waals surface area contributed by atoms with E-state index in [-0.39, 0.29) is 11.9 Å². The summed E-state index contributed by atoms with van der Waals surface area (Å²) in [6.45, 7) is 8.51. The number of carbonyl (C=O) groups excluding carboxylic acids is 3. The van der Waals surface area contributed by atoms with Crippen molar-refractivity contribution in [3.8, 4) is 0 Å². The summed E-state index contributed by atoms with van der Waals surface area (Å²) >= 11 is 0. The number of hydrogen-bond donors (Lipinski definition) is 2. The Morgan fingerprint density at radius 1 is 1.12 bits per heavy atom. The van der Waals surface area contributed by atoms with Crippen molar-refractivity contribution < 1.29 is 23.9 Å². The molecule has 2 amide bonds. The zero-order valence-corrected chi connectivity index (χ0v) is 15.3. The second-order valence-corrected chi connectivity index (χ2v) is 6.64. The average molecular weight is 350 g/mol. The van der Waals surface area contributed by atoms with Gasteiger partial charge in [0.25, 0.3) is 0 Å². The van der Waals surface area contributed by atoms with Gasteiger partial charge in [0.05, 0.1) is 6.61 Å². The lowest BCUT2D eigenvalue weighted by Gasteiger charge is -2.21. The van der Waals surface area contributed by atoms with Crippen LogP contribution in [0.25, 0.3) is 0 Å². The summed E-state index contributed by atoms with van der Waals surface area (Å²) < 4.78 is 10.00. The van der Waals surface area contributed by atoms with E-state index < -0.39 is 17.7 Å². The van der Waals surface area contributed by atoms with Crippen molar-refractivity contribution in [2.45, 2.75) is 52.7 Å². The molecule has 0 radical (unpaired) electrons. The summed E-state index contributed by atoms with van der Waals surface area (Å²) in [5.41, 5.74) is 0.973. The number of nitrogens with one attached hydrogen (secondary N) is 2. The molecule has 7 nitrogen and oxygen atoms in total. The van der Waals surface area contributed by atoms with Crippen LogP contribution in [0.4, 0.5) is 10.5 Å². The van der Waals surface area contributed by atoms with Crippen molar-refractivity contribution in [2.75, 3.05) is 11.9 Å². The third-order valence-corrected chi connectivity index (χ3v) is 3.04. The van der Waals surface area contributed by atoms with Gasteiger partial charge in [0.1, 0.15) is 11.6 Å². The van der Waals surface area contributed by atoms with E-state index in [4.69, 9.17) is 9.47 Å². The molecule has 0 fully saturated rings. The third-order valence-electron chi connectivity index (χ3n) is 3.04. The molecule has 7 heteroatoms. The third kappa shape index (κ3) is 8.74. The molecule has 0 heterocycles. The molecular formula is C18H26N2O5. The lowest BCUT2D eigenvalue weighted by atomic mass is 10.1. The Balaban J connectivity index is 2.48. The smallest absolute Gasteiger partial charge is 0.408 e. The highest BCUT2D eigenvalue weighted by molar-refractivity contribution is 5.96. The van der Waals surface area contributed by atoms with Gasteiger partial charge in [0.15, 0.2) is 0 Å². The lowest BCUT2D eigenvalue weighted by Crippen LogP contribution is -2.43. The van der Waals surface area contributed by atoms with E-state index in [2.05, 4.69) is 10.6 Å². The number of alkyl carbamates (subject to hydrolysis) is 1. The highest BCUT2D eigenvalue weighted by Gasteiger charge is 2.21. The lowest BCUT2D eigenvalue weighted by molar-refractivity contribution is -0.140. The minimum absolute atomic E-state index is 0.310. The Bertz CT molecular complexity index is 605. The monoisotopic (exact) mass is 350 g/mol. The van der Waals surface area contributed by atoms with Gasteiger partial charge in [-0.05, 0) is 45.4 Å². The minimum atomic E-state index is -0.738. The summed E-state index contributed by atoms with van der Waals surface area (Å²) in [4.78, 5) is 34.5. The van der Waals surface area contributed by atoms with Crippen LogP contribution in [0.3, 0.4) is 0 Å². The molecule has 1 unspecified atom stereocenters. The van der Waals surface area contributed by atoms with Crippen LogP contribution in [0.15, 0.2) is 24.3 Å². The number of ether oxygens (including phenoxy) is 2. The van der Waals surface area contributed by atoms with Gasteiger partial charge < -0.3 is 20.1 Å². The normalized spacial score (nSPS) is 12.0. The quantitative estimate of drug-likeness (QED) is 0.769. The molecule has 0 bridgehead atoms. The van der Waals surface area contributed by atoms with Gasteiger partial charge in [-0.2, -0.15) is 0 Å². The first-order chi connectivity index (χ1) is 11.6. The molecule has 0 aromatic heterocycles. The number of amides is 2. The van der Waals surface area contributed by atoms with Crippen LogP contribution in [0.1, 0.15) is 40.2 Å². The van der Waals surface area contributed by atoms with E-state index >= 15 is 0 Å². The van der Waals surface area contributed by atoms with Crippen LogP contribution in [-0.2, 0) is 25.5 Å². The predicted octanol–water partition coefficient (Wildman–Crippen LogP) is 2.64. The summed E-state index contributed by atoms with van der Waals surface area (Å²) in [6.07, 6.45) is -0.0410. The Morgan fingerprint density at radius 2 is 1.72 bits per heavy atom. The van der Waals surface area contributed by atoms with Gasteiger partial charge in [-0.15, -0.1) is 0 Å². The van der Waals surface area contributed by atoms with E-state index in [9.17, 15) is 14.4 Å².